The normalized spacial score (nSPS) is 20.0. The van der Waals surface area contributed by atoms with Crippen LogP contribution in [0.15, 0.2) is 11.6 Å². The van der Waals surface area contributed by atoms with Gasteiger partial charge in [-0.2, -0.15) is 0 Å². The lowest BCUT2D eigenvalue weighted by molar-refractivity contribution is 0.350. The Balaban J connectivity index is 2.27. The molecule has 0 aromatic rings. The van der Waals surface area contributed by atoms with Crippen molar-refractivity contribution in [2.24, 2.45) is 0 Å². The van der Waals surface area contributed by atoms with Crippen molar-refractivity contribution in [2.45, 2.75) is 12.8 Å². The number of nitrogens with zero attached hydrogens (tertiary/aromatic N) is 1. The molecular weight excluding hydrogens is 136 g/mol. The highest BCUT2D eigenvalue weighted by atomic mass is 15.1. The lowest BCUT2D eigenvalue weighted by Gasteiger charge is -2.22. The van der Waals surface area contributed by atoms with Gasteiger partial charge in [-0.25, -0.2) is 0 Å². The summed E-state index contributed by atoms with van der Waals surface area (Å²) in [5.74, 6) is 0. The van der Waals surface area contributed by atoms with Crippen LogP contribution in [0.3, 0.4) is 0 Å². The maximum atomic E-state index is 3.17. The standard InChI is InChI=1S/C9H18N2/c1-10-6-5-9-4-3-7-11(2)8-9/h4,10H,3,5-8H2,1-2H3. The van der Waals surface area contributed by atoms with Crippen LogP contribution < -0.4 is 5.32 Å². The Labute approximate surface area is 69.3 Å². The summed E-state index contributed by atoms with van der Waals surface area (Å²) in [6, 6.07) is 0. The minimum absolute atomic E-state index is 1.11. The van der Waals surface area contributed by atoms with Gasteiger partial charge in [0.25, 0.3) is 0 Å². The third-order valence-electron chi connectivity index (χ3n) is 2.11. The van der Waals surface area contributed by atoms with Gasteiger partial charge in [-0.3, -0.25) is 0 Å². The van der Waals surface area contributed by atoms with Crippen molar-refractivity contribution < 1.29 is 0 Å². The highest BCUT2D eigenvalue weighted by Crippen LogP contribution is 2.09. The van der Waals surface area contributed by atoms with Gasteiger partial charge in [0.2, 0.25) is 0 Å². The molecule has 0 fully saturated rings. The van der Waals surface area contributed by atoms with E-state index in [0.29, 0.717) is 0 Å². The number of hydrogen-bond donors (Lipinski definition) is 1. The molecule has 1 heterocycles. The van der Waals surface area contributed by atoms with Crippen LogP contribution in [0.25, 0.3) is 0 Å². The molecule has 0 aromatic carbocycles. The Hall–Kier alpha value is -0.340. The van der Waals surface area contributed by atoms with Gasteiger partial charge < -0.3 is 10.2 Å². The van der Waals surface area contributed by atoms with Gasteiger partial charge >= 0.3 is 0 Å². The third kappa shape index (κ3) is 3.04. The molecule has 0 amide bonds. The summed E-state index contributed by atoms with van der Waals surface area (Å²) in [7, 11) is 4.19. The summed E-state index contributed by atoms with van der Waals surface area (Å²) < 4.78 is 0. The van der Waals surface area contributed by atoms with Crippen molar-refractivity contribution in [1.82, 2.24) is 10.2 Å². The topological polar surface area (TPSA) is 15.3 Å². The molecular formula is C9H18N2. The van der Waals surface area contributed by atoms with E-state index >= 15 is 0 Å². The molecule has 0 aliphatic carbocycles. The van der Waals surface area contributed by atoms with Gasteiger partial charge in [0.15, 0.2) is 0 Å². The van der Waals surface area contributed by atoms with Crippen LogP contribution >= 0.6 is 0 Å². The van der Waals surface area contributed by atoms with Crippen LogP contribution in [0.2, 0.25) is 0 Å². The summed E-state index contributed by atoms with van der Waals surface area (Å²) in [6.07, 6.45) is 4.83. The molecule has 11 heavy (non-hydrogen) atoms. The lowest BCUT2D eigenvalue weighted by atomic mass is 10.1. The molecule has 1 rings (SSSR count). The first-order valence-electron chi connectivity index (χ1n) is 4.34. The minimum atomic E-state index is 1.11. The van der Waals surface area contributed by atoms with Gasteiger partial charge in [-0.05, 0) is 33.5 Å². The van der Waals surface area contributed by atoms with E-state index in [2.05, 4.69) is 23.3 Å². The molecule has 0 spiro atoms. The monoisotopic (exact) mass is 154 g/mol. The van der Waals surface area contributed by atoms with E-state index in [0.717, 1.165) is 6.54 Å². The lowest BCUT2D eigenvalue weighted by Crippen LogP contribution is -2.26. The average molecular weight is 154 g/mol. The molecule has 1 aliphatic heterocycles. The van der Waals surface area contributed by atoms with E-state index in [9.17, 15) is 0 Å². The fourth-order valence-electron chi connectivity index (χ4n) is 1.45. The number of hydrogen-bond acceptors (Lipinski definition) is 2. The predicted octanol–water partition coefficient (Wildman–Crippen LogP) is 0.858. The molecule has 0 aromatic heterocycles. The molecule has 0 unspecified atom stereocenters. The van der Waals surface area contributed by atoms with Gasteiger partial charge in [-0.15, -0.1) is 0 Å². The van der Waals surface area contributed by atoms with Crippen LogP contribution in [-0.2, 0) is 0 Å². The molecule has 1 aliphatic rings. The van der Waals surface area contributed by atoms with Gasteiger partial charge in [0.1, 0.15) is 0 Å². The Morgan fingerprint density at radius 2 is 2.45 bits per heavy atom. The fraction of sp³-hybridized carbons (Fsp3) is 0.778. The second-order valence-corrected chi connectivity index (χ2v) is 3.24. The Kier molecular flexibility index (Phi) is 3.60. The molecule has 0 saturated carbocycles. The summed E-state index contributed by atoms with van der Waals surface area (Å²) in [5, 5.41) is 3.17. The summed E-state index contributed by atoms with van der Waals surface area (Å²) in [4.78, 5) is 2.38. The minimum Gasteiger partial charge on any atom is -0.319 e. The summed E-state index contributed by atoms with van der Waals surface area (Å²) >= 11 is 0. The van der Waals surface area contributed by atoms with Crippen molar-refractivity contribution in [3.63, 3.8) is 0 Å². The molecule has 64 valence electrons. The molecule has 0 atom stereocenters. The maximum absolute atomic E-state index is 3.17. The quantitative estimate of drug-likeness (QED) is 0.606. The number of nitrogens with one attached hydrogen (secondary N) is 1. The first-order chi connectivity index (χ1) is 5.33. The molecule has 0 bridgehead atoms. The summed E-state index contributed by atoms with van der Waals surface area (Å²) in [6.45, 7) is 3.50. The predicted molar refractivity (Wildman–Crippen MR) is 48.7 cm³/mol. The highest BCUT2D eigenvalue weighted by Gasteiger charge is 2.06. The number of rotatable bonds is 3. The largest absolute Gasteiger partial charge is 0.319 e. The van der Waals surface area contributed by atoms with Gasteiger partial charge in [0.05, 0.1) is 0 Å². The second kappa shape index (κ2) is 4.52. The van der Waals surface area contributed by atoms with E-state index in [1.807, 2.05) is 7.05 Å². The van der Waals surface area contributed by atoms with E-state index in [-0.39, 0.29) is 0 Å². The third-order valence-corrected chi connectivity index (χ3v) is 2.11. The maximum Gasteiger partial charge on any atom is 0.0190 e. The van der Waals surface area contributed by atoms with Crippen LogP contribution in [-0.4, -0.2) is 38.6 Å². The van der Waals surface area contributed by atoms with Crippen LogP contribution in [0.1, 0.15) is 12.8 Å². The zero-order chi connectivity index (χ0) is 8.10. The fourth-order valence-corrected chi connectivity index (χ4v) is 1.45. The van der Waals surface area contributed by atoms with Crippen molar-refractivity contribution >= 4 is 0 Å². The smallest absolute Gasteiger partial charge is 0.0190 e. The molecule has 0 radical (unpaired) electrons. The number of likely N-dealkylation sites (N-methyl/N-ethyl adjacent to an activating group) is 1. The van der Waals surface area contributed by atoms with Crippen molar-refractivity contribution in [3.05, 3.63) is 11.6 Å². The SMILES string of the molecule is CNCCC1=CCCN(C)C1. The highest BCUT2D eigenvalue weighted by molar-refractivity contribution is 5.07. The van der Waals surface area contributed by atoms with E-state index < -0.39 is 0 Å². The zero-order valence-electron chi connectivity index (χ0n) is 7.56. The van der Waals surface area contributed by atoms with Crippen LogP contribution in [0.4, 0.5) is 0 Å². The molecule has 0 saturated heterocycles. The van der Waals surface area contributed by atoms with E-state index in [1.165, 1.54) is 25.9 Å². The van der Waals surface area contributed by atoms with Crippen molar-refractivity contribution in [1.29, 1.82) is 0 Å². The van der Waals surface area contributed by atoms with Gasteiger partial charge in [-0.1, -0.05) is 11.6 Å². The average Bonchev–Trinajstić information content (AvgIpc) is 2.01. The summed E-state index contributed by atoms with van der Waals surface area (Å²) in [5.41, 5.74) is 1.59. The first-order valence-corrected chi connectivity index (χ1v) is 4.34. The van der Waals surface area contributed by atoms with Crippen molar-refractivity contribution in [3.8, 4) is 0 Å². The van der Waals surface area contributed by atoms with Crippen LogP contribution in [0, 0.1) is 0 Å². The Morgan fingerprint density at radius 1 is 1.64 bits per heavy atom. The van der Waals surface area contributed by atoms with E-state index in [4.69, 9.17) is 0 Å². The Morgan fingerprint density at radius 3 is 3.09 bits per heavy atom. The van der Waals surface area contributed by atoms with Crippen LogP contribution in [0.5, 0.6) is 0 Å². The molecule has 2 nitrogen and oxygen atoms in total. The molecule has 2 heteroatoms. The van der Waals surface area contributed by atoms with Gasteiger partial charge in [0, 0.05) is 13.1 Å². The van der Waals surface area contributed by atoms with Crippen molar-refractivity contribution in [2.75, 3.05) is 33.7 Å². The Bertz CT molecular complexity index is 140. The zero-order valence-corrected chi connectivity index (χ0v) is 7.56. The van der Waals surface area contributed by atoms with E-state index in [1.54, 1.807) is 5.57 Å². The molecule has 1 N–H and O–H groups in total. The first kappa shape index (κ1) is 8.75. The second-order valence-electron chi connectivity index (χ2n) is 3.24.